The third-order valence-electron chi connectivity index (χ3n) is 7.38. The molecule has 3 saturated heterocycles. The van der Waals surface area contributed by atoms with E-state index in [1.807, 2.05) is 0 Å². The summed E-state index contributed by atoms with van der Waals surface area (Å²) in [5.41, 5.74) is 9.79. The highest BCUT2D eigenvalue weighted by atomic mass is 32.7. The predicted molar refractivity (Wildman–Crippen MR) is 160 cm³/mol. The average Bonchev–Trinajstić information content (AvgIpc) is 3.72. The molecule has 10 atom stereocenters. The number of aliphatic hydroxyl groups is 2. The van der Waals surface area contributed by atoms with Crippen LogP contribution in [0, 0.1) is 0 Å². The van der Waals surface area contributed by atoms with Gasteiger partial charge in [0.2, 0.25) is 11.9 Å². The van der Waals surface area contributed by atoms with Crippen LogP contribution in [-0.4, -0.2) is 104 Å². The first-order valence-electron chi connectivity index (χ1n) is 13.1. The first kappa shape index (κ1) is 31.8. The molecule has 22 nitrogen and oxygen atoms in total. The Kier molecular flexibility index (Phi) is 7.87. The van der Waals surface area contributed by atoms with Gasteiger partial charge in [-0.15, -0.1) is 0 Å². The molecule has 7 rings (SSSR count). The van der Waals surface area contributed by atoms with E-state index in [4.69, 9.17) is 50.8 Å². The topological polar surface area (TPSA) is 312 Å². The van der Waals surface area contributed by atoms with Crippen molar-refractivity contribution in [2.24, 2.45) is 0 Å². The number of H-pyrrole nitrogens is 2. The number of anilines is 2. The monoisotopic (exact) mass is 722 g/mol. The van der Waals surface area contributed by atoms with Crippen LogP contribution in [-0.2, 0) is 43.9 Å². The number of rotatable bonds is 2. The Bertz CT molecular complexity index is 1910. The number of nitrogens with zero attached hydrogens (tertiary/aromatic N) is 6. The summed E-state index contributed by atoms with van der Waals surface area (Å²) in [6.07, 6.45) is -9.01. The second-order valence-corrected chi connectivity index (χ2v) is 16.0. The van der Waals surface area contributed by atoms with E-state index in [0.29, 0.717) is 0 Å². The summed E-state index contributed by atoms with van der Waals surface area (Å²) in [5, 5.41) is 22.5. The Morgan fingerprint density at radius 1 is 0.870 bits per heavy atom. The average molecular weight is 723 g/mol. The summed E-state index contributed by atoms with van der Waals surface area (Å²) in [7, 11) is 0. The van der Waals surface area contributed by atoms with Crippen molar-refractivity contribution in [1.82, 2.24) is 39.0 Å². The van der Waals surface area contributed by atoms with E-state index in [9.17, 15) is 29.3 Å². The largest absolute Gasteiger partial charge is 0.386 e. The van der Waals surface area contributed by atoms with Gasteiger partial charge >= 0.3 is 13.5 Å². The van der Waals surface area contributed by atoms with Crippen molar-refractivity contribution in [2.75, 3.05) is 24.7 Å². The fourth-order valence-electron chi connectivity index (χ4n) is 5.39. The van der Waals surface area contributed by atoms with Crippen LogP contribution in [0.5, 0.6) is 0 Å². The molecule has 0 radical (unpaired) electrons. The molecule has 9 N–H and O–H groups in total. The molecule has 26 heteroatoms. The van der Waals surface area contributed by atoms with Gasteiger partial charge < -0.3 is 40.6 Å². The zero-order chi connectivity index (χ0) is 32.7. The van der Waals surface area contributed by atoms with Gasteiger partial charge in [-0.1, -0.05) is 12.2 Å². The lowest BCUT2D eigenvalue weighted by atomic mass is 10.1. The number of nitrogens with two attached hydrogens (primary N) is 2. The zero-order valence-corrected chi connectivity index (χ0v) is 26.3. The van der Waals surface area contributed by atoms with Crippen LogP contribution in [0.1, 0.15) is 12.5 Å². The maximum atomic E-state index is 13.4. The fraction of sp³-hybridized carbons (Fsp3) is 0.500. The van der Waals surface area contributed by atoms with Crippen LogP contribution in [0.25, 0.3) is 22.3 Å². The molecule has 0 aromatic carbocycles. The quantitative estimate of drug-likeness (QED) is 0.0820. The number of thiol groups is 1. The highest BCUT2D eigenvalue weighted by Crippen LogP contribution is 2.58. The Morgan fingerprint density at radius 2 is 1.33 bits per heavy atom. The minimum absolute atomic E-state index is 0.0342. The lowest BCUT2D eigenvalue weighted by Gasteiger charge is -2.29. The molecule has 4 aromatic heterocycles. The number of fused-ring (bicyclic) bond motifs is 4. The van der Waals surface area contributed by atoms with Crippen LogP contribution in [0.3, 0.4) is 0 Å². The third-order valence-corrected chi connectivity index (χ3v) is 10.6. The van der Waals surface area contributed by atoms with Gasteiger partial charge in [0.15, 0.2) is 34.8 Å². The normalized spacial score (nSPS) is 37.1. The van der Waals surface area contributed by atoms with E-state index < -0.39 is 86.9 Å². The van der Waals surface area contributed by atoms with Gasteiger partial charge in [0.1, 0.15) is 36.6 Å². The van der Waals surface area contributed by atoms with Gasteiger partial charge in [-0.2, -0.15) is 9.97 Å². The Hall–Kier alpha value is -2.83. The van der Waals surface area contributed by atoms with E-state index in [1.165, 1.54) is 21.8 Å². The summed E-state index contributed by atoms with van der Waals surface area (Å²) < 4.78 is 50.0. The predicted octanol–water partition coefficient (Wildman–Crippen LogP) is -1.99. The second-order valence-electron chi connectivity index (χ2n) is 10.3. The lowest BCUT2D eigenvalue weighted by Crippen LogP contribution is -2.38. The van der Waals surface area contributed by atoms with E-state index >= 15 is 0 Å². The molecule has 3 aliphatic rings. The molecule has 0 saturated carbocycles. The SMILES string of the molecule is Nc1nc2c(ncn2C2O[C@H]3COP(O)(=S)OC4[C@@H](COP(=O)(S)O[C@@H]3C2O)O[C@@H](n2cnc3c(=O)[nH]c(N)nc32)[C@H]4O)c(=O)[nH]1. The zero-order valence-electron chi connectivity index (χ0n) is 22.8. The van der Waals surface area contributed by atoms with Crippen LogP contribution < -0.4 is 22.6 Å². The Balaban J connectivity index is 1.18. The Labute approximate surface area is 264 Å². The summed E-state index contributed by atoms with van der Waals surface area (Å²) in [4.78, 5) is 56.2. The number of nitrogens with one attached hydrogen (secondary N) is 2. The number of nitrogen functional groups attached to an aromatic ring is 2. The fourth-order valence-corrected chi connectivity index (χ4v) is 8.33. The first-order chi connectivity index (χ1) is 21.7. The third kappa shape index (κ3) is 5.57. The molecule has 46 heavy (non-hydrogen) atoms. The van der Waals surface area contributed by atoms with E-state index in [2.05, 4.69) is 42.2 Å². The maximum Gasteiger partial charge on any atom is 0.386 e. The Morgan fingerprint density at radius 3 is 1.83 bits per heavy atom. The highest BCUT2D eigenvalue weighted by molar-refractivity contribution is 8.44. The van der Waals surface area contributed by atoms with E-state index in [0.717, 1.165) is 0 Å². The summed E-state index contributed by atoms with van der Waals surface area (Å²) in [6.45, 7) is -9.76. The molecule has 0 spiro atoms. The molecule has 0 aliphatic carbocycles. The van der Waals surface area contributed by atoms with Crippen molar-refractivity contribution in [1.29, 1.82) is 0 Å². The second kappa shape index (κ2) is 11.4. The molecule has 3 aliphatic heterocycles. The molecule has 3 fully saturated rings. The van der Waals surface area contributed by atoms with Gasteiger partial charge in [0, 0.05) is 0 Å². The van der Waals surface area contributed by atoms with Gasteiger partial charge in [-0.25, -0.2) is 14.5 Å². The van der Waals surface area contributed by atoms with Gasteiger partial charge in [0.25, 0.3) is 11.1 Å². The van der Waals surface area contributed by atoms with Gasteiger partial charge in [0.05, 0.1) is 25.9 Å². The molecule has 5 unspecified atom stereocenters. The first-order valence-corrected chi connectivity index (χ1v) is 18.4. The van der Waals surface area contributed by atoms with Crippen molar-refractivity contribution in [2.45, 2.75) is 49.1 Å². The molecular weight excluding hydrogens is 698 g/mol. The number of aromatic nitrogens is 8. The maximum absolute atomic E-state index is 13.4. The standard InChI is InChI=1S/C20H24N10O12P2S2/c21-19-25-13-7(15(33)27-19)23-3-29(13)17-9(31)11-5(39-17)1-37-43(35,45)42-12-6(2-38-44(36,46)41-11)40-18(10(12)32)30-4-24-8-14(30)26-20(22)28-16(8)34/h3-6,9-12,17-18,31-32H,1-2H2,(H,35,45)(H,36,46)(H3,21,25,27,33)(H3,22,26,28,34)/t5-,6+,9+,10?,11?,12+,17-,18?,43?,44?/m1/s1. The molecule has 7 heterocycles. The van der Waals surface area contributed by atoms with Crippen molar-refractivity contribution in [3.63, 3.8) is 0 Å². The van der Waals surface area contributed by atoms with Crippen LogP contribution in [0.15, 0.2) is 22.2 Å². The van der Waals surface area contributed by atoms with Crippen molar-refractivity contribution in [3.8, 4) is 0 Å². The molecule has 248 valence electrons. The van der Waals surface area contributed by atoms with Crippen molar-refractivity contribution >= 4 is 71.8 Å². The van der Waals surface area contributed by atoms with Gasteiger partial charge in [-0.05, 0) is 11.8 Å². The highest BCUT2D eigenvalue weighted by Gasteiger charge is 2.53. The molecule has 0 amide bonds. The van der Waals surface area contributed by atoms with E-state index in [1.54, 1.807) is 0 Å². The molecular formula is C20H24N10O12P2S2. The molecule has 4 aromatic rings. The van der Waals surface area contributed by atoms with Crippen LogP contribution in [0.4, 0.5) is 11.9 Å². The summed E-state index contributed by atoms with van der Waals surface area (Å²) in [6, 6.07) is 0. The number of hydrogen-bond donors (Lipinski definition) is 8. The molecule has 0 bridgehead atoms. The van der Waals surface area contributed by atoms with Gasteiger partial charge in [-0.3, -0.25) is 42.3 Å². The summed E-state index contributed by atoms with van der Waals surface area (Å²) in [5.74, 6) is -0.450. The van der Waals surface area contributed by atoms with Crippen LogP contribution in [0.2, 0.25) is 0 Å². The lowest BCUT2D eigenvalue weighted by molar-refractivity contribution is -0.0577. The number of imidazole rings is 2. The van der Waals surface area contributed by atoms with Crippen molar-refractivity contribution < 1.29 is 47.2 Å². The smallest absolute Gasteiger partial charge is 0.386 e. The number of aromatic amines is 2. The number of hydrogen-bond acceptors (Lipinski definition) is 18. The number of aliphatic hydroxyl groups excluding tert-OH is 2. The van der Waals surface area contributed by atoms with Crippen LogP contribution >= 0.6 is 25.8 Å². The van der Waals surface area contributed by atoms with E-state index in [-0.39, 0.29) is 34.2 Å². The minimum atomic E-state index is -4.35. The summed E-state index contributed by atoms with van der Waals surface area (Å²) >= 11 is 9.24. The van der Waals surface area contributed by atoms with Crippen molar-refractivity contribution in [3.05, 3.63) is 33.4 Å². The number of ether oxygens (including phenoxy) is 2. The minimum Gasteiger partial charge on any atom is -0.386 e.